The number of hydrogen-bond donors (Lipinski definition) is 1. The Balaban J connectivity index is 1.97. The first-order chi connectivity index (χ1) is 5.74. The minimum absolute atomic E-state index is 0.442. The minimum atomic E-state index is 0.442. The van der Waals surface area contributed by atoms with Gasteiger partial charge in [-0.15, -0.1) is 6.58 Å². The number of nitrogens with zero attached hydrogens (tertiary/aromatic N) is 1. The Morgan fingerprint density at radius 3 is 2.83 bits per heavy atom. The van der Waals surface area contributed by atoms with Crippen molar-refractivity contribution >= 4 is 0 Å². The van der Waals surface area contributed by atoms with E-state index in [1.165, 1.54) is 12.8 Å². The van der Waals surface area contributed by atoms with Crippen molar-refractivity contribution < 1.29 is 0 Å². The maximum Gasteiger partial charge on any atom is 0.0219 e. The average Bonchev–Trinajstić information content (AvgIpc) is 2.86. The largest absolute Gasteiger partial charge is 0.310 e. The Bertz CT molecular complexity index is 141. The van der Waals surface area contributed by atoms with Gasteiger partial charge in [-0.25, -0.2) is 0 Å². The molecule has 0 spiro atoms. The van der Waals surface area contributed by atoms with Crippen molar-refractivity contribution in [3.8, 4) is 0 Å². The van der Waals surface area contributed by atoms with Crippen LogP contribution in [0.4, 0.5) is 0 Å². The second-order valence-electron chi connectivity index (χ2n) is 3.69. The SMILES string of the molecule is C=CC(C)NCCN(C)C1CC1. The molecule has 0 amide bonds. The third-order valence-electron chi connectivity index (χ3n) is 2.45. The fraction of sp³-hybridized carbons (Fsp3) is 0.800. The van der Waals surface area contributed by atoms with E-state index in [0.29, 0.717) is 6.04 Å². The predicted octanol–water partition coefficient (Wildman–Crippen LogP) is 1.24. The van der Waals surface area contributed by atoms with Gasteiger partial charge in [0.1, 0.15) is 0 Å². The summed E-state index contributed by atoms with van der Waals surface area (Å²) < 4.78 is 0. The lowest BCUT2D eigenvalue weighted by atomic mass is 10.3. The summed E-state index contributed by atoms with van der Waals surface area (Å²) in [4.78, 5) is 2.43. The minimum Gasteiger partial charge on any atom is -0.310 e. The molecule has 2 heteroatoms. The molecule has 1 fully saturated rings. The predicted molar refractivity (Wildman–Crippen MR) is 53.3 cm³/mol. The number of hydrogen-bond acceptors (Lipinski definition) is 2. The Morgan fingerprint density at radius 1 is 1.67 bits per heavy atom. The normalized spacial score (nSPS) is 19.6. The molecular weight excluding hydrogens is 148 g/mol. The molecule has 0 aromatic heterocycles. The molecule has 0 heterocycles. The van der Waals surface area contributed by atoms with Gasteiger partial charge in [-0.2, -0.15) is 0 Å². The van der Waals surface area contributed by atoms with Gasteiger partial charge in [0, 0.05) is 25.2 Å². The second kappa shape index (κ2) is 4.63. The van der Waals surface area contributed by atoms with Gasteiger partial charge in [-0.1, -0.05) is 6.08 Å². The Kier molecular flexibility index (Phi) is 3.76. The molecule has 0 saturated heterocycles. The van der Waals surface area contributed by atoms with Crippen LogP contribution in [0.1, 0.15) is 19.8 Å². The molecule has 0 aromatic rings. The van der Waals surface area contributed by atoms with E-state index >= 15 is 0 Å². The van der Waals surface area contributed by atoms with Gasteiger partial charge in [-0.3, -0.25) is 0 Å². The summed E-state index contributed by atoms with van der Waals surface area (Å²) in [6.45, 7) is 8.08. The Labute approximate surface area is 75.6 Å². The maximum absolute atomic E-state index is 3.73. The van der Waals surface area contributed by atoms with Crippen LogP contribution in [0.15, 0.2) is 12.7 Å². The Morgan fingerprint density at radius 2 is 2.33 bits per heavy atom. The zero-order chi connectivity index (χ0) is 8.97. The molecular formula is C10H20N2. The van der Waals surface area contributed by atoms with Crippen molar-refractivity contribution in [3.63, 3.8) is 0 Å². The van der Waals surface area contributed by atoms with E-state index < -0.39 is 0 Å². The zero-order valence-electron chi connectivity index (χ0n) is 8.21. The molecule has 1 aliphatic carbocycles. The molecule has 0 bridgehead atoms. The van der Waals surface area contributed by atoms with Gasteiger partial charge in [0.25, 0.3) is 0 Å². The molecule has 12 heavy (non-hydrogen) atoms. The molecule has 1 saturated carbocycles. The first-order valence-corrected chi connectivity index (χ1v) is 4.80. The van der Waals surface area contributed by atoms with Crippen LogP contribution in [0, 0.1) is 0 Å². The van der Waals surface area contributed by atoms with Crippen molar-refractivity contribution in [2.75, 3.05) is 20.1 Å². The number of rotatable bonds is 6. The van der Waals surface area contributed by atoms with E-state index in [-0.39, 0.29) is 0 Å². The zero-order valence-corrected chi connectivity index (χ0v) is 8.21. The van der Waals surface area contributed by atoms with Gasteiger partial charge in [-0.05, 0) is 26.8 Å². The van der Waals surface area contributed by atoms with Crippen LogP contribution in [0.3, 0.4) is 0 Å². The second-order valence-corrected chi connectivity index (χ2v) is 3.69. The lowest BCUT2D eigenvalue weighted by Crippen LogP contribution is -2.34. The molecule has 0 aromatic carbocycles. The van der Waals surface area contributed by atoms with Crippen LogP contribution in [-0.2, 0) is 0 Å². The molecule has 2 nitrogen and oxygen atoms in total. The molecule has 0 aliphatic heterocycles. The standard InChI is InChI=1S/C10H20N2/c1-4-9(2)11-7-8-12(3)10-5-6-10/h4,9-11H,1,5-8H2,2-3H3. The van der Waals surface area contributed by atoms with Crippen LogP contribution >= 0.6 is 0 Å². The van der Waals surface area contributed by atoms with Crippen molar-refractivity contribution in [2.24, 2.45) is 0 Å². The van der Waals surface area contributed by atoms with E-state index in [2.05, 4.69) is 30.8 Å². The third kappa shape index (κ3) is 3.37. The topological polar surface area (TPSA) is 15.3 Å². The van der Waals surface area contributed by atoms with Gasteiger partial charge in [0.2, 0.25) is 0 Å². The van der Waals surface area contributed by atoms with Gasteiger partial charge in [0.15, 0.2) is 0 Å². The first kappa shape index (κ1) is 9.75. The van der Waals surface area contributed by atoms with Crippen molar-refractivity contribution in [3.05, 3.63) is 12.7 Å². The molecule has 0 radical (unpaired) electrons. The van der Waals surface area contributed by atoms with E-state index in [0.717, 1.165) is 19.1 Å². The lowest BCUT2D eigenvalue weighted by molar-refractivity contribution is 0.319. The van der Waals surface area contributed by atoms with E-state index in [4.69, 9.17) is 0 Å². The summed E-state index contributed by atoms with van der Waals surface area (Å²) in [6, 6.07) is 1.32. The molecule has 1 aliphatic rings. The van der Waals surface area contributed by atoms with Crippen molar-refractivity contribution in [2.45, 2.75) is 31.8 Å². The highest BCUT2D eigenvalue weighted by Gasteiger charge is 2.25. The average molecular weight is 168 g/mol. The highest BCUT2D eigenvalue weighted by atomic mass is 15.2. The van der Waals surface area contributed by atoms with Gasteiger partial charge >= 0.3 is 0 Å². The highest BCUT2D eigenvalue weighted by Crippen LogP contribution is 2.24. The van der Waals surface area contributed by atoms with Crippen molar-refractivity contribution in [1.29, 1.82) is 0 Å². The highest BCUT2D eigenvalue weighted by molar-refractivity contribution is 4.84. The van der Waals surface area contributed by atoms with Gasteiger partial charge < -0.3 is 10.2 Å². The monoisotopic (exact) mass is 168 g/mol. The van der Waals surface area contributed by atoms with Crippen molar-refractivity contribution in [1.82, 2.24) is 10.2 Å². The summed E-state index contributed by atoms with van der Waals surface area (Å²) in [5.41, 5.74) is 0. The Hall–Kier alpha value is -0.340. The van der Waals surface area contributed by atoms with E-state index in [9.17, 15) is 0 Å². The molecule has 1 unspecified atom stereocenters. The fourth-order valence-electron chi connectivity index (χ4n) is 1.25. The summed E-state index contributed by atoms with van der Waals surface area (Å²) in [7, 11) is 2.21. The number of nitrogens with one attached hydrogen (secondary N) is 1. The van der Waals surface area contributed by atoms with Crippen LogP contribution in [0.2, 0.25) is 0 Å². The first-order valence-electron chi connectivity index (χ1n) is 4.80. The smallest absolute Gasteiger partial charge is 0.0219 e. The number of likely N-dealkylation sites (N-methyl/N-ethyl adjacent to an activating group) is 1. The lowest BCUT2D eigenvalue weighted by Gasteiger charge is -2.17. The van der Waals surface area contributed by atoms with Crippen LogP contribution in [-0.4, -0.2) is 37.1 Å². The fourth-order valence-corrected chi connectivity index (χ4v) is 1.25. The van der Waals surface area contributed by atoms with Gasteiger partial charge in [0.05, 0.1) is 0 Å². The van der Waals surface area contributed by atoms with E-state index in [1.807, 2.05) is 6.08 Å². The van der Waals surface area contributed by atoms with Crippen LogP contribution in [0.25, 0.3) is 0 Å². The summed E-state index contributed by atoms with van der Waals surface area (Å²) in [5, 5.41) is 3.39. The summed E-state index contributed by atoms with van der Waals surface area (Å²) in [6.07, 6.45) is 4.73. The molecule has 70 valence electrons. The van der Waals surface area contributed by atoms with E-state index in [1.54, 1.807) is 0 Å². The molecule has 1 N–H and O–H groups in total. The third-order valence-corrected chi connectivity index (χ3v) is 2.45. The molecule has 1 rings (SSSR count). The van der Waals surface area contributed by atoms with Crippen LogP contribution < -0.4 is 5.32 Å². The summed E-state index contributed by atoms with van der Waals surface area (Å²) >= 11 is 0. The molecule has 1 atom stereocenters. The maximum atomic E-state index is 3.73. The van der Waals surface area contributed by atoms with Crippen LogP contribution in [0.5, 0.6) is 0 Å². The quantitative estimate of drug-likeness (QED) is 0.600. The summed E-state index contributed by atoms with van der Waals surface area (Å²) in [5.74, 6) is 0.